The molecule has 0 unspecified atom stereocenters. The van der Waals surface area contributed by atoms with Gasteiger partial charge in [0.1, 0.15) is 0 Å². The van der Waals surface area contributed by atoms with E-state index in [4.69, 9.17) is 4.74 Å². The topological polar surface area (TPSA) is 67.9 Å². The highest BCUT2D eigenvalue weighted by molar-refractivity contribution is 6.01. The normalized spacial score (nSPS) is 10.4. The van der Waals surface area contributed by atoms with Gasteiger partial charge in [0, 0.05) is 11.6 Å². The van der Waals surface area contributed by atoms with Crippen LogP contribution < -0.4 is 0 Å². The Balaban J connectivity index is 2.47. The fraction of sp³-hybridized carbons (Fsp3) is 0.222. The molecule has 5 nitrogen and oxygen atoms in total. The Labute approximate surface area is 80.1 Å². The Bertz CT molecular complexity index is 464. The quantitative estimate of drug-likeness (QED) is 0.722. The number of H-pyrrole nitrogens is 1. The van der Waals surface area contributed by atoms with Crippen LogP contribution in [0.15, 0.2) is 18.5 Å². The molecule has 0 aliphatic heterocycles. The van der Waals surface area contributed by atoms with E-state index in [-0.39, 0.29) is 0 Å². The lowest BCUT2D eigenvalue weighted by Crippen LogP contribution is -2.05. The smallest absolute Gasteiger partial charge is 0.359 e. The lowest BCUT2D eigenvalue weighted by molar-refractivity contribution is 0.0521. The molecule has 0 radical (unpaired) electrons. The van der Waals surface area contributed by atoms with Crippen molar-refractivity contribution in [2.24, 2.45) is 0 Å². The van der Waals surface area contributed by atoms with Gasteiger partial charge in [0.25, 0.3) is 0 Å². The first-order valence-electron chi connectivity index (χ1n) is 4.28. The SMILES string of the molecule is CCOC(=O)c1n[nH]c2cnccc12. The number of fused-ring (bicyclic) bond motifs is 1. The molecule has 5 heteroatoms. The second-order valence-corrected chi connectivity index (χ2v) is 2.71. The number of carbonyl (C=O) groups excluding carboxylic acids is 1. The molecule has 0 aliphatic rings. The number of carbonyl (C=O) groups is 1. The number of ether oxygens (including phenoxy) is 1. The minimum absolute atomic E-state index is 0.309. The molecule has 72 valence electrons. The zero-order valence-electron chi connectivity index (χ0n) is 7.65. The number of nitrogens with one attached hydrogen (secondary N) is 1. The summed E-state index contributed by atoms with van der Waals surface area (Å²) in [7, 11) is 0. The van der Waals surface area contributed by atoms with Crippen LogP contribution >= 0.6 is 0 Å². The van der Waals surface area contributed by atoms with Gasteiger partial charge in [0.2, 0.25) is 0 Å². The van der Waals surface area contributed by atoms with Gasteiger partial charge in [-0.25, -0.2) is 4.79 Å². The Morgan fingerprint density at radius 2 is 2.50 bits per heavy atom. The molecule has 0 saturated carbocycles. The van der Waals surface area contributed by atoms with Crippen molar-refractivity contribution in [3.05, 3.63) is 24.2 Å². The molecule has 0 saturated heterocycles. The molecule has 2 rings (SSSR count). The summed E-state index contributed by atoms with van der Waals surface area (Å²) >= 11 is 0. The maximum Gasteiger partial charge on any atom is 0.359 e. The average molecular weight is 191 g/mol. The van der Waals surface area contributed by atoms with E-state index in [0.717, 1.165) is 10.9 Å². The van der Waals surface area contributed by atoms with Gasteiger partial charge >= 0.3 is 5.97 Å². The fourth-order valence-corrected chi connectivity index (χ4v) is 1.22. The molecule has 1 N–H and O–H groups in total. The Kier molecular flexibility index (Phi) is 2.14. The maximum atomic E-state index is 11.4. The molecule has 0 aromatic carbocycles. The summed E-state index contributed by atoms with van der Waals surface area (Å²) in [6, 6.07) is 1.73. The largest absolute Gasteiger partial charge is 0.461 e. The number of rotatable bonds is 2. The predicted octanol–water partition coefficient (Wildman–Crippen LogP) is 1.13. The summed E-state index contributed by atoms with van der Waals surface area (Å²) in [5.41, 5.74) is 1.04. The van der Waals surface area contributed by atoms with Crippen molar-refractivity contribution in [1.82, 2.24) is 15.2 Å². The third kappa shape index (κ3) is 1.32. The van der Waals surface area contributed by atoms with Crippen LogP contribution in [-0.2, 0) is 4.74 Å². The van der Waals surface area contributed by atoms with Gasteiger partial charge < -0.3 is 4.74 Å². The van der Waals surface area contributed by atoms with Crippen LogP contribution in [0.25, 0.3) is 10.9 Å². The van der Waals surface area contributed by atoms with Gasteiger partial charge in [-0.2, -0.15) is 5.10 Å². The third-order valence-electron chi connectivity index (χ3n) is 1.83. The number of hydrogen-bond acceptors (Lipinski definition) is 4. The predicted molar refractivity (Wildman–Crippen MR) is 49.8 cm³/mol. The van der Waals surface area contributed by atoms with Crippen LogP contribution in [0.2, 0.25) is 0 Å². The maximum absolute atomic E-state index is 11.4. The first-order chi connectivity index (χ1) is 6.83. The average Bonchev–Trinajstić information content (AvgIpc) is 2.61. The lowest BCUT2D eigenvalue weighted by atomic mass is 10.2. The molecule has 0 atom stereocenters. The zero-order chi connectivity index (χ0) is 9.97. The zero-order valence-corrected chi connectivity index (χ0v) is 7.65. The third-order valence-corrected chi connectivity index (χ3v) is 1.83. The van der Waals surface area contributed by atoms with E-state index in [1.54, 1.807) is 25.4 Å². The van der Waals surface area contributed by atoms with E-state index < -0.39 is 5.97 Å². The molecule has 14 heavy (non-hydrogen) atoms. The van der Waals surface area contributed by atoms with E-state index >= 15 is 0 Å². The molecule has 0 spiro atoms. The Morgan fingerprint density at radius 1 is 1.64 bits per heavy atom. The van der Waals surface area contributed by atoms with Crippen molar-refractivity contribution in [1.29, 1.82) is 0 Å². The van der Waals surface area contributed by atoms with Gasteiger partial charge in [0.05, 0.1) is 18.3 Å². The monoisotopic (exact) mass is 191 g/mol. The van der Waals surface area contributed by atoms with E-state index in [1.807, 2.05) is 0 Å². The first-order valence-corrected chi connectivity index (χ1v) is 4.28. The second kappa shape index (κ2) is 3.45. The molecule has 0 fully saturated rings. The van der Waals surface area contributed by atoms with Crippen LogP contribution in [0.1, 0.15) is 17.4 Å². The van der Waals surface area contributed by atoms with Crippen LogP contribution in [0.4, 0.5) is 0 Å². The second-order valence-electron chi connectivity index (χ2n) is 2.71. The molecule has 0 aliphatic carbocycles. The minimum Gasteiger partial charge on any atom is -0.461 e. The van der Waals surface area contributed by atoms with Crippen molar-refractivity contribution in [3.8, 4) is 0 Å². The summed E-state index contributed by atoms with van der Waals surface area (Å²) in [4.78, 5) is 15.3. The van der Waals surface area contributed by atoms with Crippen molar-refractivity contribution in [2.45, 2.75) is 6.92 Å². The Hall–Kier alpha value is -1.91. The Morgan fingerprint density at radius 3 is 3.29 bits per heavy atom. The van der Waals surface area contributed by atoms with E-state index in [9.17, 15) is 4.79 Å². The number of pyridine rings is 1. The van der Waals surface area contributed by atoms with E-state index in [2.05, 4.69) is 15.2 Å². The first kappa shape index (κ1) is 8.68. The molecule has 0 bridgehead atoms. The molecule has 0 amide bonds. The molecule has 2 heterocycles. The number of aromatic amines is 1. The number of hydrogen-bond donors (Lipinski definition) is 1. The van der Waals surface area contributed by atoms with Crippen molar-refractivity contribution in [3.63, 3.8) is 0 Å². The fourth-order valence-electron chi connectivity index (χ4n) is 1.22. The highest BCUT2D eigenvalue weighted by Gasteiger charge is 2.14. The summed E-state index contributed by atoms with van der Waals surface area (Å²) in [6.45, 7) is 2.10. The van der Waals surface area contributed by atoms with Gasteiger partial charge in [-0.1, -0.05) is 0 Å². The van der Waals surface area contributed by atoms with E-state index in [0.29, 0.717) is 12.3 Å². The van der Waals surface area contributed by atoms with Crippen LogP contribution in [0, 0.1) is 0 Å². The standard InChI is InChI=1S/C9H9N3O2/c1-2-14-9(13)8-6-3-4-10-5-7(6)11-12-8/h3-5H,2H2,1H3,(H,11,12). The minimum atomic E-state index is -0.412. The van der Waals surface area contributed by atoms with Gasteiger partial charge in [-0.05, 0) is 13.0 Å². The summed E-state index contributed by atoms with van der Waals surface area (Å²) in [5.74, 6) is -0.412. The number of esters is 1. The van der Waals surface area contributed by atoms with Crippen molar-refractivity contribution < 1.29 is 9.53 Å². The van der Waals surface area contributed by atoms with Crippen LogP contribution in [0.3, 0.4) is 0 Å². The van der Waals surface area contributed by atoms with Crippen molar-refractivity contribution in [2.75, 3.05) is 6.61 Å². The van der Waals surface area contributed by atoms with Crippen LogP contribution in [0.5, 0.6) is 0 Å². The summed E-state index contributed by atoms with van der Waals surface area (Å²) in [5, 5.41) is 7.32. The van der Waals surface area contributed by atoms with Gasteiger partial charge in [-0.3, -0.25) is 10.1 Å². The molecular formula is C9H9N3O2. The summed E-state index contributed by atoms with van der Waals surface area (Å²) in [6.07, 6.45) is 3.23. The number of aromatic nitrogens is 3. The number of nitrogens with zero attached hydrogens (tertiary/aromatic N) is 2. The molecular weight excluding hydrogens is 182 g/mol. The highest BCUT2D eigenvalue weighted by atomic mass is 16.5. The molecule has 2 aromatic heterocycles. The van der Waals surface area contributed by atoms with Gasteiger partial charge in [-0.15, -0.1) is 0 Å². The van der Waals surface area contributed by atoms with Crippen molar-refractivity contribution >= 4 is 16.9 Å². The highest BCUT2D eigenvalue weighted by Crippen LogP contribution is 2.14. The summed E-state index contributed by atoms with van der Waals surface area (Å²) < 4.78 is 4.85. The lowest BCUT2D eigenvalue weighted by Gasteiger charge is -1.97. The van der Waals surface area contributed by atoms with Gasteiger partial charge in [0.15, 0.2) is 5.69 Å². The van der Waals surface area contributed by atoms with E-state index in [1.165, 1.54) is 0 Å². The molecule has 2 aromatic rings. The van der Waals surface area contributed by atoms with Crippen LogP contribution in [-0.4, -0.2) is 27.8 Å².